The van der Waals surface area contributed by atoms with Gasteiger partial charge in [0.1, 0.15) is 34.7 Å². The number of aromatic hydroxyl groups is 3. The summed E-state index contributed by atoms with van der Waals surface area (Å²) in [5.41, 5.74) is 4.57. The summed E-state index contributed by atoms with van der Waals surface area (Å²) in [5.74, 6) is -0.0119. The van der Waals surface area contributed by atoms with Gasteiger partial charge in [-0.25, -0.2) is 0 Å². The third-order valence-corrected chi connectivity index (χ3v) is 5.82. The molecule has 0 bridgehead atoms. The van der Waals surface area contributed by atoms with Gasteiger partial charge in [-0.15, -0.1) is 0 Å². The van der Waals surface area contributed by atoms with Crippen LogP contribution < -0.4 is 4.74 Å². The predicted molar refractivity (Wildman–Crippen MR) is 121 cm³/mol. The number of rotatable bonds is 6. The van der Waals surface area contributed by atoms with Gasteiger partial charge in [0.25, 0.3) is 0 Å². The molecule has 2 atom stereocenters. The molecule has 0 aliphatic carbocycles. The van der Waals surface area contributed by atoms with Crippen molar-refractivity contribution in [3.05, 3.63) is 70.3 Å². The van der Waals surface area contributed by atoms with Crippen LogP contribution in [0.2, 0.25) is 0 Å². The summed E-state index contributed by atoms with van der Waals surface area (Å²) in [4.78, 5) is 13.0. The van der Waals surface area contributed by atoms with Crippen molar-refractivity contribution >= 4 is 5.78 Å². The van der Waals surface area contributed by atoms with Gasteiger partial charge in [-0.05, 0) is 75.8 Å². The molecule has 2 aromatic rings. The summed E-state index contributed by atoms with van der Waals surface area (Å²) in [6, 6.07) is 5.84. The van der Waals surface area contributed by atoms with Crippen molar-refractivity contribution in [2.45, 2.75) is 53.1 Å². The number of Topliss-reactive ketones (excluding diaryl/α,β-unsaturated/α-hetero) is 1. The molecular formula is C26H30O5. The van der Waals surface area contributed by atoms with Crippen LogP contribution in [0.3, 0.4) is 0 Å². The number of hydrogen-bond donors (Lipinski definition) is 3. The van der Waals surface area contributed by atoms with Gasteiger partial charge in [0.15, 0.2) is 5.78 Å². The van der Waals surface area contributed by atoms with Crippen LogP contribution in [0.25, 0.3) is 0 Å². The van der Waals surface area contributed by atoms with Crippen LogP contribution in [0.5, 0.6) is 23.0 Å². The fourth-order valence-electron chi connectivity index (χ4n) is 3.98. The van der Waals surface area contributed by atoms with Crippen molar-refractivity contribution in [2.24, 2.45) is 5.92 Å². The first-order valence-electron chi connectivity index (χ1n) is 10.4. The van der Waals surface area contributed by atoms with Gasteiger partial charge in [-0.1, -0.05) is 23.8 Å². The molecule has 1 aliphatic rings. The van der Waals surface area contributed by atoms with E-state index in [0.29, 0.717) is 17.7 Å². The van der Waals surface area contributed by atoms with Gasteiger partial charge < -0.3 is 20.1 Å². The molecule has 3 rings (SSSR count). The minimum Gasteiger partial charge on any atom is -0.508 e. The van der Waals surface area contributed by atoms with E-state index in [1.54, 1.807) is 12.1 Å². The van der Waals surface area contributed by atoms with E-state index in [-0.39, 0.29) is 40.9 Å². The molecule has 0 radical (unpaired) electrons. The van der Waals surface area contributed by atoms with Crippen LogP contribution >= 0.6 is 0 Å². The highest BCUT2D eigenvalue weighted by Crippen LogP contribution is 2.45. The smallest absolute Gasteiger partial charge is 0.174 e. The van der Waals surface area contributed by atoms with Crippen LogP contribution in [-0.2, 0) is 6.42 Å². The lowest BCUT2D eigenvalue weighted by molar-refractivity contribution is 0.0839. The Labute approximate surface area is 183 Å². The average molecular weight is 423 g/mol. The number of ether oxygens (including phenoxy) is 1. The van der Waals surface area contributed by atoms with E-state index in [1.165, 1.54) is 17.7 Å². The molecule has 0 aromatic heterocycles. The Hall–Kier alpha value is -3.21. The lowest BCUT2D eigenvalue weighted by atomic mass is 9.85. The Morgan fingerprint density at radius 3 is 2.52 bits per heavy atom. The Kier molecular flexibility index (Phi) is 6.44. The molecule has 0 saturated carbocycles. The van der Waals surface area contributed by atoms with Crippen molar-refractivity contribution in [3.8, 4) is 23.0 Å². The zero-order valence-corrected chi connectivity index (χ0v) is 18.5. The van der Waals surface area contributed by atoms with Crippen molar-refractivity contribution in [1.82, 2.24) is 0 Å². The van der Waals surface area contributed by atoms with Crippen LogP contribution in [0.4, 0.5) is 0 Å². The van der Waals surface area contributed by atoms with Gasteiger partial charge in [0.2, 0.25) is 0 Å². The zero-order valence-electron chi connectivity index (χ0n) is 18.5. The molecule has 0 fully saturated rings. The van der Waals surface area contributed by atoms with E-state index in [0.717, 1.165) is 23.1 Å². The molecule has 1 heterocycles. The van der Waals surface area contributed by atoms with E-state index in [1.807, 2.05) is 13.8 Å². The molecule has 5 heteroatoms. The van der Waals surface area contributed by atoms with Gasteiger partial charge in [-0.3, -0.25) is 4.79 Å². The lowest BCUT2D eigenvalue weighted by Gasteiger charge is -2.30. The topological polar surface area (TPSA) is 87.0 Å². The second kappa shape index (κ2) is 8.88. The Bertz CT molecular complexity index is 1060. The molecule has 3 N–H and O–H groups in total. The zero-order chi connectivity index (χ0) is 22.9. The second-order valence-corrected chi connectivity index (χ2v) is 8.64. The Balaban J connectivity index is 2.06. The first kappa shape index (κ1) is 22.5. The number of hydrogen-bond acceptors (Lipinski definition) is 5. The first-order chi connectivity index (χ1) is 14.6. The largest absolute Gasteiger partial charge is 0.508 e. The summed E-state index contributed by atoms with van der Waals surface area (Å²) in [6.07, 6.45) is 2.90. The fourth-order valence-corrected chi connectivity index (χ4v) is 3.98. The lowest BCUT2D eigenvalue weighted by Crippen LogP contribution is -2.23. The number of carbonyl (C=O) groups is 1. The highest BCUT2D eigenvalue weighted by Gasteiger charge is 2.34. The quantitative estimate of drug-likeness (QED) is 0.504. The highest BCUT2D eigenvalue weighted by molar-refractivity contribution is 6.03. The highest BCUT2D eigenvalue weighted by atomic mass is 16.5. The standard InChI is InChI=1S/C26H30O5/c1-14(2)6-7-17(15(3)4)11-20-16(5)10-22(29)25-23(30)13-24(31-26(20)25)19-9-8-18(27)12-21(19)28/h6,8-10,12,17,24,27-29H,3,7,11,13H2,1-2,4-5H3/t17?,24-/m0/s1. The molecule has 2 aromatic carbocycles. The minimum atomic E-state index is -0.707. The molecule has 0 spiro atoms. The van der Waals surface area contributed by atoms with Crippen molar-refractivity contribution in [3.63, 3.8) is 0 Å². The van der Waals surface area contributed by atoms with Crippen LogP contribution in [-0.4, -0.2) is 21.1 Å². The number of benzene rings is 2. The van der Waals surface area contributed by atoms with E-state index >= 15 is 0 Å². The number of ketones is 1. The third-order valence-electron chi connectivity index (χ3n) is 5.82. The number of allylic oxidation sites excluding steroid dienone is 3. The summed E-state index contributed by atoms with van der Waals surface area (Å²) in [5, 5.41) is 30.4. The summed E-state index contributed by atoms with van der Waals surface area (Å²) >= 11 is 0. The van der Waals surface area contributed by atoms with Crippen LogP contribution in [0.15, 0.2) is 48.1 Å². The average Bonchev–Trinajstić information content (AvgIpc) is 2.66. The summed E-state index contributed by atoms with van der Waals surface area (Å²) in [6.45, 7) is 12.1. The Morgan fingerprint density at radius 1 is 1.19 bits per heavy atom. The van der Waals surface area contributed by atoms with E-state index in [9.17, 15) is 20.1 Å². The van der Waals surface area contributed by atoms with E-state index in [4.69, 9.17) is 4.74 Å². The summed E-state index contributed by atoms with van der Waals surface area (Å²) < 4.78 is 6.24. The van der Waals surface area contributed by atoms with Gasteiger partial charge in [-0.2, -0.15) is 0 Å². The minimum absolute atomic E-state index is 0.0108. The van der Waals surface area contributed by atoms with Gasteiger partial charge >= 0.3 is 0 Å². The molecule has 1 aliphatic heterocycles. The van der Waals surface area contributed by atoms with E-state index < -0.39 is 6.10 Å². The first-order valence-corrected chi connectivity index (χ1v) is 10.4. The monoisotopic (exact) mass is 422 g/mol. The number of fused-ring (bicyclic) bond motifs is 1. The predicted octanol–water partition coefficient (Wildman–Crippen LogP) is 5.91. The Morgan fingerprint density at radius 2 is 1.90 bits per heavy atom. The molecule has 164 valence electrons. The van der Waals surface area contributed by atoms with Crippen LogP contribution in [0, 0.1) is 12.8 Å². The number of phenolic OH excluding ortho intramolecular Hbond substituents is 3. The molecule has 0 saturated heterocycles. The van der Waals surface area contributed by atoms with E-state index in [2.05, 4.69) is 26.5 Å². The van der Waals surface area contributed by atoms with Crippen molar-refractivity contribution < 1.29 is 24.9 Å². The molecule has 1 unspecified atom stereocenters. The molecular weight excluding hydrogens is 392 g/mol. The number of aryl methyl sites for hydroxylation is 1. The molecule has 31 heavy (non-hydrogen) atoms. The second-order valence-electron chi connectivity index (χ2n) is 8.64. The van der Waals surface area contributed by atoms with Crippen molar-refractivity contribution in [1.29, 1.82) is 0 Å². The van der Waals surface area contributed by atoms with Gasteiger partial charge in [0.05, 0.1) is 6.42 Å². The van der Waals surface area contributed by atoms with Gasteiger partial charge in [0, 0.05) is 11.6 Å². The normalized spacial score (nSPS) is 16.3. The third kappa shape index (κ3) is 4.76. The molecule has 5 nitrogen and oxygen atoms in total. The maximum Gasteiger partial charge on any atom is 0.174 e. The van der Waals surface area contributed by atoms with Crippen LogP contribution in [0.1, 0.15) is 66.8 Å². The fraction of sp³-hybridized carbons (Fsp3) is 0.346. The maximum absolute atomic E-state index is 13.0. The number of phenols is 3. The SMILES string of the molecule is C=C(C)C(CC=C(C)C)Cc1c(C)cc(O)c2c1O[C@H](c1ccc(O)cc1O)CC2=O. The number of carbonyl (C=O) groups excluding carboxylic acids is 1. The summed E-state index contributed by atoms with van der Waals surface area (Å²) in [7, 11) is 0. The molecule has 0 amide bonds. The maximum atomic E-state index is 13.0. The van der Waals surface area contributed by atoms with Crippen molar-refractivity contribution in [2.75, 3.05) is 0 Å².